The van der Waals surface area contributed by atoms with Crippen LogP contribution in [-0.4, -0.2) is 12.5 Å². The maximum atomic E-state index is 13.2. The number of nitrogens with two attached hydrogens (primary N) is 1. The molecule has 0 unspecified atom stereocenters. The standard InChI is InChI=1S/C11H11F4N3/c12-10-2-7(4-16)1-8(3-10)9(5-17)6-18-11(13,14)15/h1-3,5-6,17-18H,4,16H2/b9-6+,17-5?. The third kappa shape index (κ3) is 4.17. The van der Waals surface area contributed by atoms with Crippen LogP contribution >= 0.6 is 0 Å². The fraction of sp³-hybridized carbons (Fsp3) is 0.182. The van der Waals surface area contributed by atoms with E-state index in [-0.39, 0.29) is 17.7 Å². The Morgan fingerprint density at radius 1 is 1.33 bits per heavy atom. The number of hydrogen-bond donors (Lipinski definition) is 3. The first kappa shape index (κ1) is 14.2. The van der Waals surface area contributed by atoms with E-state index in [1.54, 1.807) is 0 Å². The Labute approximate surface area is 101 Å². The Hall–Kier alpha value is -1.89. The van der Waals surface area contributed by atoms with Crippen molar-refractivity contribution >= 4 is 11.8 Å². The molecule has 0 aromatic heterocycles. The lowest BCUT2D eigenvalue weighted by Crippen LogP contribution is -2.26. The molecule has 0 heterocycles. The molecule has 0 fully saturated rings. The van der Waals surface area contributed by atoms with Crippen molar-refractivity contribution in [3.8, 4) is 0 Å². The summed E-state index contributed by atoms with van der Waals surface area (Å²) in [6, 6.07) is 3.65. The molecule has 1 aromatic rings. The smallest absolute Gasteiger partial charge is 0.326 e. The molecule has 0 aliphatic rings. The number of hydrogen-bond acceptors (Lipinski definition) is 3. The number of benzene rings is 1. The van der Waals surface area contributed by atoms with Crippen LogP contribution in [0.15, 0.2) is 24.4 Å². The molecule has 0 bridgehead atoms. The molecule has 0 saturated carbocycles. The average Bonchev–Trinajstić information content (AvgIpc) is 2.27. The highest BCUT2D eigenvalue weighted by molar-refractivity contribution is 6.08. The summed E-state index contributed by atoms with van der Waals surface area (Å²) >= 11 is 0. The molecule has 1 rings (SSSR count). The molecule has 0 spiro atoms. The number of halogens is 4. The molecule has 0 radical (unpaired) electrons. The van der Waals surface area contributed by atoms with Crippen LogP contribution in [-0.2, 0) is 6.54 Å². The third-order valence-electron chi connectivity index (χ3n) is 2.07. The van der Waals surface area contributed by atoms with Crippen LogP contribution in [0.4, 0.5) is 17.6 Å². The van der Waals surface area contributed by atoms with Gasteiger partial charge in [-0.05, 0) is 29.3 Å². The highest BCUT2D eigenvalue weighted by atomic mass is 19.4. The van der Waals surface area contributed by atoms with E-state index >= 15 is 0 Å². The third-order valence-corrected chi connectivity index (χ3v) is 2.07. The van der Waals surface area contributed by atoms with Crippen molar-refractivity contribution in [3.63, 3.8) is 0 Å². The monoisotopic (exact) mass is 261 g/mol. The second-order valence-corrected chi connectivity index (χ2v) is 3.44. The van der Waals surface area contributed by atoms with E-state index in [9.17, 15) is 17.6 Å². The van der Waals surface area contributed by atoms with Crippen molar-refractivity contribution in [1.29, 1.82) is 5.41 Å². The molecule has 0 amide bonds. The summed E-state index contributed by atoms with van der Waals surface area (Å²) in [5, 5.41) is 8.21. The minimum absolute atomic E-state index is 0.0583. The molecule has 1 aromatic carbocycles. The molecule has 0 saturated heterocycles. The summed E-state index contributed by atoms with van der Waals surface area (Å²) in [5.41, 5.74) is 5.83. The number of rotatable bonds is 4. The molecule has 98 valence electrons. The lowest BCUT2D eigenvalue weighted by Gasteiger charge is -2.08. The minimum atomic E-state index is -4.60. The molecule has 0 aliphatic carbocycles. The lowest BCUT2D eigenvalue weighted by atomic mass is 10.0. The molecule has 3 nitrogen and oxygen atoms in total. The van der Waals surface area contributed by atoms with Gasteiger partial charge in [-0.1, -0.05) is 0 Å². The zero-order valence-corrected chi connectivity index (χ0v) is 9.18. The number of allylic oxidation sites excluding steroid dienone is 1. The fourth-order valence-corrected chi connectivity index (χ4v) is 1.30. The second kappa shape index (κ2) is 5.63. The van der Waals surface area contributed by atoms with Crippen molar-refractivity contribution in [2.75, 3.05) is 0 Å². The van der Waals surface area contributed by atoms with E-state index in [4.69, 9.17) is 11.1 Å². The van der Waals surface area contributed by atoms with E-state index in [1.807, 2.05) is 0 Å². The Morgan fingerprint density at radius 2 is 2.00 bits per heavy atom. The fourth-order valence-electron chi connectivity index (χ4n) is 1.30. The first-order valence-corrected chi connectivity index (χ1v) is 4.90. The van der Waals surface area contributed by atoms with Crippen molar-refractivity contribution in [3.05, 3.63) is 41.3 Å². The number of nitrogens with one attached hydrogen (secondary N) is 2. The SMILES string of the molecule is N=C/C(=C\NC(F)(F)F)c1cc(F)cc(CN)c1. The normalized spacial score (nSPS) is 12.4. The summed E-state index contributed by atoms with van der Waals surface area (Å²) in [6.45, 7) is 0.0583. The van der Waals surface area contributed by atoms with Gasteiger partial charge in [0, 0.05) is 24.5 Å². The van der Waals surface area contributed by atoms with Gasteiger partial charge in [0.2, 0.25) is 0 Å². The Balaban J connectivity index is 3.09. The van der Waals surface area contributed by atoms with Gasteiger partial charge in [-0.15, -0.1) is 0 Å². The Kier molecular flexibility index (Phi) is 4.43. The van der Waals surface area contributed by atoms with Crippen LogP contribution in [0.1, 0.15) is 11.1 Å². The van der Waals surface area contributed by atoms with Crippen molar-refractivity contribution < 1.29 is 17.6 Å². The van der Waals surface area contributed by atoms with Crippen LogP contribution in [0.2, 0.25) is 0 Å². The molecule has 0 aliphatic heterocycles. The molecule has 7 heteroatoms. The van der Waals surface area contributed by atoms with Gasteiger partial charge in [0.05, 0.1) is 0 Å². The van der Waals surface area contributed by atoms with E-state index in [0.717, 1.165) is 11.4 Å². The minimum Gasteiger partial charge on any atom is -0.326 e. The van der Waals surface area contributed by atoms with Crippen LogP contribution in [0.3, 0.4) is 0 Å². The number of alkyl halides is 3. The van der Waals surface area contributed by atoms with E-state index in [0.29, 0.717) is 18.0 Å². The quantitative estimate of drug-likeness (QED) is 0.442. The average molecular weight is 261 g/mol. The molecular formula is C11H11F4N3. The first-order valence-electron chi connectivity index (χ1n) is 4.90. The van der Waals surface area contributed by atoms with Crippen LogP contribution in [0.25, 0.3) is 5.57 Å². The summed E-state index contributed by atoms with van der Waals surface area (Å²) in [5.74, 6) is -0.618. The maximum Gasteiger partial charge on any atom is 0.481 e. The summed E-state index contributed by atoms with van der Waals surface area (Å²) in [6.07, 6.45) is -3.30. The van der Waals surface area contributed by atoms with Crippen molar-refractivity contribution in [2.45, 2.75) is 12.8 Å². The van der Waals surface area contributed by atoms with E-state index < -0.39 is 12.1 Å². The van der Waals surface area contributed by atoms with Crippen molar-refractivity contribution in [2.24, 2.45) is 5.73 Å². The van der Waals surface area contributed by atoms with Crippen LogP contribution < -0.4 is 11.1 Å². The predicted octanol–water partition coefficient (Wildman–Crippen LogP) is 2.38. The van der Waals surface area contributed by atoms with Gasteiger partial charge in [0.1, 0.15) is 5.82 Å². The summed E-state index contributed by atoms with van der Waals surface area (Å²) in [4.78, 5) is 0. The first-order chi connectivity index (χ1) is 8.35. The van der Waals surface area contributed by atoms with Gasteiger partial charge in [0.15, 0.2) is 0 Å². The Bertz CT molecular complexity index is 466. The summed E-state index contributed by atoms with van der Waals surface area (Å²) < 4.78 is 49.1. The highest BCUT2D eigenvalue weighted by Crippen LogP contribution is 2.17. The van der Waals surface area contributed by atoms with E-state index in [1.165, 1.54) is 12.1 Å². The van der Waals surface area contributed by atoms with Gasteiger partial charge < -0.3 is 16.5 Å². The lowest BCUT2D eigenvalue weighted by molar-refractivity contribution is -0.146. The summed E-state index contributed by atoms with van der Waals surface area (Å²) in [7, 11) is 0. The predicted molar refractivity (Wildman–Crippen MR) is 60.2 cm³/mol. The van der Waals surface area contributed by atoms with Crippen LogP contribution in [0, 0.1) is 11.2 Å². The van der Waals surface area contributed by atoms with Gasteiger partial charge >= 0.3 is 6.30 Å². The highest BCUT2D eigenvalue weighted by Gasteiger charge is 2.25. The second-order valence-electron chi connectivity index (χ2n) is 3.44. The Morgan fingerprint density at radius 3 is 2.50 bits per heavy atom. The van der Waals surface area contributed by atoms with Crippen LogP contribution in [0.5, 0.6) is 0 Å². The molecule has 4 N–H and O–H groups in total. The molecular weight excluding hydrogens is 250 g/mol. The zero-order chi connectivity index (χ0) is 13.8. The maximum absolute atomic E-state index is 13.2. The van der Waals surface area contributed by atoms with Gasteiger partial charge in [-0.2, -0.15) is 13.2 Å². The van der Waals surface area contributed by atoms with E-state index in [2.05, 4.69) is 0 Å². The molecule has 0 atom stereocenters. The van der Waals surface area contributed by atoms with Gasteiger partial charge in [0.25, 0.3) is 0 Å². The van der Waals surface area contributed by atoms with Gasteiger partial charge in [-0.3, -0.25) is 0 Å². The largest absolute Gasteiger partial charge is 0.481 e. The van der Waals surface area contributed by atoms with Gasteiger partial charge in [-0.25, -0.2) is 4.39 Å². The topological polar surface area (TPSA) is 61.9 Å². The van der Waals surface area contributed by atoms with Crippen molar-refractivity contribution in [1.82, 2.24) is 5.32 Å². The zero-order valence-electron chi connectivity index (χ0n) is 9.18. The molecule has 18 heavy (non-hydrogen) atoms.